The summed E-state index contributed by atoms with van der Waals surface area (Å²) in [5, 5.41) is 5.49. The molecule has 2 heterocycles. The fraction of sp³-hybridized carbons (Fsp3) is 0.619. The molecule has 6 nitrogen and oxygen atoms in total. The Morgan fingerprint density at radius 1 is 1.07 bits per heavy atom. The van der Waals surface area contributed by atoms with Gasteiger partial charge in [-0.25, -0.2) is 0 Å². The molecule has 3 rings (SSSR count). The molecule has 1 aromatic carbocycles. The summed E-state index contributed by atoms with van der Waals surface area (Å²) >= 11 is 0. The predicted octanol–water partition coefficient (Wildman–Crippen LogP) is 1.85. The van der Waals surface area contributed by atoms with Crippen LogP contribution in [0.3, 0.4) is 0 Å². The van der Waals surface area contributed by atoms with Crippen LogP contribution in [0.15, 0.2) is 18.2 Å². The lowest BCUT2D eigenvalue weighted by Gasteiger charge is -2.31. The van der Waals surface area contributed by atoms with Crippen molar-refractivity contribution in [2.45, 2.75) is 45.1 Å². The summed E-state index contributed by atoms with van der Waals surface area (Å²) in [4.78, 5) is 28.7. The maximum absolute atomic E-state index is 12.1. The van der Waals surface area contributed by atoms with Crippen molar-refractivity contribution in [1.29, 1.82) is 0 Å². The smallest absolute Gasteiger partial charge is 0.309 e. The molecule has 0 aromatic heterocycles. The summed E-state index contributed by atoms with van der Waals surface area (Å²) in [7, 11) is 2.14. The molecule has 1 saturated heterocycles. The van der Waals surface area contributed by atoms with Crippen LogP contribution in [-0.4, -0.2) is 56.5 Å². The summed E-state index contributed by atoms with van der Waals surface area (Å²) in [6, 6.07) is 6.82. The van der Waals surface area contributed by atoms with Crippen molar-refractivity contribution < 1.29 is 9.59 Å². The Hall–Kier alpha value is -2.08. The number of aryl methyl sites for hydroxylation is 1. The van der Waals surface area contributed by atoms with Crippen molar-refractivity contribution in [2.24, 2.45) is 0 Å². The average Bonchev–Trinajstić information content (AvgIpc) is 3.20. The molecule has 1 aromatic rings. The van der Waals surface area contributed by atoms with Gasteiger partial charge in [0.25, 0.3) is 0 Å². The third-order valence-corrected chi connectivity index (χ3v) is 5.62. The minimum absolute atomic E-state index is 0.118. The number of hydrogen-bond donors (Lipinski definition) is 2. The molecule has 148 valence electrons. The summed E-state index contributed by atoms with van der Waals surface area (Å²) in [6.45, 7) is 6.15. The third kappa shape index (κ3) is 4.80. The Morgan fingerprint density at radius 2 is 1.81 bits per heavy atom. The van der Waals surface area contributed by atoms with Gasteiger partial charge in [-0.15, -0.1) is 0 Å². The van der Waals surface area contributed by atoms with Crippen molar-refractivity contribution in [2.75, 3.05) is 44.7 Å². The van der Waals surface area contributed by atoms with Crippen LogP contribution in [0.2, 0.25) is 0 Å². The molecule has 6 heteroatoms. The number of rotatable bonds is 6. The van der Waals surface area contributed by atoms with Crippen LogP contribution < -0.4 is 15.5 Å². The maximum atomic E-state index is 12.1. The second kappa shape index (κ2) is 9.22. The number of anilines is 1. The maximum Gasteiger partial charge on any atom is 0.309 e. The lowest BCUT2D eigenvalue weighted by Crippen LogP contribution is -2.44. The number of carbonyl (C=O) groups is 2. The molecule has 0 spiro atoms. The van der Waals surface area contributed by atoms with E-state index in [1.165, 1.54) is 36.1 Å². The highest BCUT2D eigenvalue weighted by molar-refractivity contribution is 6.35. The van der Waals surface area contributed by atoms with Gasteiger partial charge in [0.15, 0.2) is 0 Å². The minimum atomic E-state index is -0.538. The fourth-order valence-electron chi connectivity index (χ4n) is 4.11. The first kappa shape index (κ1) is 19.7. The van der Waals surface area contributed by atoms with Gasteiger partial charge >= 0.3 is 11.8 Å². The van der Waals surface area contributed by atoms with Crippen LogP contribution in [0.5, 0.6) is 0 Å². The minimum Gasteiger partial charge on any atom is -0.374 e. The van der Waals surface area contributed by atoms with Crippen LogP contribution in [0.1, 0.15) is 49.8 Å². The van der Waals surface area contributed by atoms with E-state index >= 15 is 0 Å². The molecule has 2 N–H and O–H groups in total. The van der Waals surface area contributed by atoms with E-state index in [2.05, 4.69) is 45.7 Å². The number of nitrogens with zero attached hydrogens (tertiary/aromatic N) is 2. The second-order valence-electron chi connectivity index (χ2n) is 7.64. The topological polar surface area (TPSA) is 64.7 Å². The Morgan fingerprint density at radius 3 is 2.56 bits per heavy atom. The van der Waals surface area contributed by atoms with Gasteiger partial charge in [0, 0.05) is 32.4 Å². The zero-order valence-corrected chi connectivity index (χ0v) is 16.6. The number of hydrogen-bond acceptors (Lipinski definition) is 4. The Bertz CT molecular complexity index is 670. The van der Waals surface area contributed by atoms with Crippen molar-refractivity contribution in [3.63, 3.8) is 0 Å². The zero-order chi connectivity index (χ0) is 19.2. The van der Waals surface area contributed by atoms with E-state index in [1.54, 1.807) is 0 Å². The molecular formula is C21H32N4O2. The van der Waals surface area contributed by atoms with Crippen molar-refractivity contribution in [3.8, 4) is 0 Å². The molecule has 1 atom stereocenters. The SMILES string of the molecule is CCCNC(=O)C(=O)NCC(c1ccc2c(c1)CCCN2C)N1CCCC1. The average molecular weight is 373 g/mol. The highest BCUT2D eigenvalue weighted by Gasteiger charge is 2.26. The number of benzene rings is 1. The van der Waals surface area contributed by atoms with Crippen LogP contribution in [0.4, 0.5) is 5.69 Å². The van der Waals surface area contributed by atoms with Crippen LogP contribution in [-0.2, 0) is 16.0 Å². The highest BCUT2D eigenvalue weighted by atomic mass is 16.2. The van der Waals surface area contributed by atoms with Crippen molar-refractivity contribution in [3.05, 3.63) is 29.3 Å². The molecule has 0 aliphatic carbocycles. The number of amides is 2. The lowest BCUT2D eigenvalue weighted by molar-refractivity contribution is -0.139. The van der Waals surface area contributed by atoms with Gasteiger partial charge in [-0.2, -0.15) is 0 Å². The summed E-state index contributed by atoms with van der Waals surface area (Å²) in [5.74, 6) is -1.07. The lowest BCUT2D eigenvalue weighted by atomic mass is 9.96. The van der Waals surface area contributed by atoms with E-state index in [0.717, 1.165) is 32.5 Å². The molecular weight excluding hydrogens is 340 g/mol. The largest absolute Gasteiger partial charge is 0.374 e. The number of likely N-dealkylation sites (tertiary alicyclic amines) is 1. The van der Waals surface area contributed by atoms with Crippen LogP contribution in [0.25, 0.3) is 0 Å². The monoisotopic (exact) mass is 372 g/mol. The molecule has 27 heavy (non-hydrogen) atoms. The van der Waals surface area contributed by atoms with E-state index in [4.69, 9.17) is 0 Å². The number of nitrogens with one attached hydrogen (secondary N) is 2. The van der Waals surface area contributed by atoms with E-state index in [1.807, 2.05) is 6.92 Å². The first-order chi connectivity index (χ1) is 13.1. The van der Waals surface area contributed by atoms with Gasteiger partial charge in [-0.1, -0.05) is 19.1 Å². The number of carbonyl (C=O) groups excluding carboxylic acids is 2. The van der Waals surface area contributed by atoms with Crippen LogP contribution >= 0.6 is 0 Å². The van der Waals surface area contributed by atoms with E-state index in [0.29, 0.717) is 13.1 Å². The van der Waals surface area contributed by atoms with Gasteiger partial charge < -0.3 is 15.5 Å². The number of fused-ring (bicyclic) bond motifs is 1. The molecule has 0 radical (unpaired) electrons. The van der Waals surface area contributed by atoms with Gasteiger partial charge in [0.05, 0.1) is 6.04 Å². The third-order valence-electron chi connectivity index (χ3n) is 5.62. The van der Waals surface area contributed by atoms with Crippen molar-refractivity contribution in [1.82, 2.24) is 15.5 Å². The Labute approximate surface area is 162 Å². The molecule has 2 aliphatic rings. The van der Waals surface area contributed by atoms with Crippen LogP contribution in [0, 0.1) is 0 Å². The normalized spacial score (nSPS) is 18.1. The second-order valence-corrected chi connectivity index (χ2v) is 7.64. The zero-order valence-electron chi connectivity index (χ0n) is 16.6. The Kier molecular flexibility index (Phi) is 6.72. The quantitative estimate of drug-likeness (QED) is 0.748. The summed E-state index contributed by atoms with van der Waals surface area (Å²) in [5.41, 5.74) is 3.94. The molecule has 0 saturated carbocycles. The predicted molar refractivity (Wildman–Crippen MR) is 108 cm³/mol. The van der Waals surface area contributed by atoms with E-state index in [-0.39, 0.29) is 6.04 Å². The van der Waals surface area contributed by atoms with E-state index < -0.39 is 11.8 Å². The van der Waals surface area contributed by atoms with Crippen molar-refractivity contribution >= 4 is 17.5 Å². The Balaban J connectivity index is 1.72. The highest BCUT2D eigenvalue weighted by Crippen LogP contribution is 2.31. The molecule has 2 amide bonds. The fourth-order valence-corrected chi connectivity index (χ4v) is 4.11. The van der Waals surface area contributed by atoms with Gasteiger partial charge in [-0.05, 0) is 62.4 Å². The molecule has 1 fully saturated rings. The molecule has 2 aliphatic heterocycles. The van der Waals surface area contributed by atoms with E-state index in [9.17, 15) is 9.59 Å². The first-order valence-electron chi connectivity index (χ1n) is 10.2. The first-order valence-corrected chi connectivity index (χ1v) is 10.2. The van der Waals surface area contributed by atoms with Gasteiger partial charge in [0.2, 0.25) is 0 Å². The standard InChI is InChI=1S/C21H32N4O2/c1-3-10-22-20(26)21(27)23-15-19(25-12-4-5-13-25)17-8-9-18-16(14-17)7-6-11-24(18)2/h8-9,14,19H,3-7,10-13,15H2,1-2H3,(H,22,26)(H,23,27). The summed E-state index contributed by atoms with van der Waals surface area (Å²) in [6.07, 6.45) is 5.48. The van der Waals surface area contributed by atoms with Gasteiger partial charge in [-0.3, -0.25) is 14.5 Å². The summed E-state index contributed by atoms with van der Waals surface area (Å²) < 4.78 is 0. The molecule has 0 bridgehead atoms. The van der Waals surface area contributed by atoms with Gasteiger partial charge in [0.1, 0.15) is 0 Å². The molecule has 1 unspecified atom stereocenters.